The van der Waals surface area contributed by atoms with E-state index in [0.717, 1.165) is 24.0 Å². The number of carbonyl (C=O) groups is 1. The Morgan fingerprint density at radius 3 is 2.74 bits per heavy atom. The van der Waals surface area contributed by atoms with Crippen LogP contribution in [0, 0.1) is 0 Å². The van der Waals surface area contributed by atoms with Crippen LogP contribution in [0.3, 0.4) is 0 Å². The molecule has 0 aliphatic heterocycles. The van der Waals surface area contributed by atoms with Crippen molar-refractivity contribution in [3.05, 3.63) is 60.3 Å². The fraction of sp³-hybridized carbons (Fsp3) is 0.350. The number of hydrogen-bond donors (Lipinski definition) is 0. The molecule has 0 spiro atoms. The molecule has 1 amide bonds. The average molecular weight is 363 g/mol. The Balaban J connectivity index is 1.51. The highest BCUT2D eigenvalue weighted by molar-refractivity contribution is 5.95. The van der Waals surface area contributed by atoms with Crippen LogP contribution in [-0.4, -0.2) is 37.5 Å². The van der Waals surface area contributed by atoms with E-state index in [1.54, 1.807) is 17.3 Å². The van der Waals surface area contributed by atoms with Crippen LogP contribution in [0.1, 0.15) is 54.2 Å². The summed E-state index contributed by atoms with van der Waals surface area (Å²) in [6, 6.07) is 7.48. The van der Waals surface area contributed by atoms with E-state index in [4.69, 9.17) is 4.52 Å². The van der Waals surface area contributed by atoms with Crippen LogP contribution < -0.4 is 0 Å². The first kappa shape index (κ1) is 17.3. The van der Waals surface area contributed by atoms with Crippen molar-refractivity contribution < 1.29 is 9.32 Å². The van der Waals surface area contributed by atoms with Gasteiger partial charge in [0.25, 0.3) is 5.91 Å². The van der Waals surface area contributed by atoms with E-state index in [1.807, 2.05) is 31.2 Å². The Hall–Kier alpha value is -3.09. The largest absolute Gasteiger partial charge is 0.339 e. The van der Waals surface area contributed by atoms with Crippen LogP contribution in [0.2, 0.25) is 0 Å². The van der Waals surface area contributed by atoms with Crippen molar-refractivity contribution in [1.29, 1.82) is 0 Å². The van der Waals surface area contributed by atoms with E-state index in [1.165, 1.54) is 12.7 Å². The summed E-state index contributed by atoms with van der Waals surface area (Å²) in [5, 5.41) is 4.05. The molecule has 0 radical (unpaired) electrons. The SMILES string of the molecule is CCN(Cc1noc(C2CCC2)n1)C(=O)c1cccc(-c2cncnc2)c1. The Morgan fingerprint density at radius 1 is 1.22 bits per heavy atom. The zero-order chi connectivity index (χ0) is 18.6. The molecule has 7 nitrogen and oxygen atoms in total. The molecule has 1 aliphatic rings. The van der Waals surface area contributed by atoms with Gasteiger partial charge in [-0.15, -0.1) is 0 Å². The molecule has 138 valence electrons. The minimum absolute atomic E-state index is 0.0637. The van der Waals surface area contributed by atoms with Gasteiger partial charge in [0, 0.05) is 36.0 Å². The third kappa shape index (κ3) is 3.72. The maximum atomic E-state index is 13.0. The van der Waals surface area contributed by atoms with Gasteiger partial charge in [-0.25, -0.2) is 9.97 Å². The number of amides is 1. The maximum absolute atomic E-state index is 13.0. The van der Waals surface area contributed by atoms with Gasteiger partial charge in [-0.1, -0.05) is 23.7 Å². The van der Waals surface area contributed by atoms with E-state index in [-0.39, 0.29) is 5.91 Å². The van der Waals surface area contributed by atoms with Gasteiger partial charge in [-0.3, -0.25) is 4.79 Å². The van der Waals surface area contributed by atoms with Crippen LogP contribution in [0.4, 0.5) is 0 Å². The maximum Gasteiger partial charge on any atom is 0.254 e. The quantitative estimate of drug-likeness (QED) is 0.667. The summed E-state index contributed by atoms with van der Waals surface area (Å²) >= 11 is 0. The topological polar surface area (TPSA) is 85.0 Å². The van der Waals surface area contributed by atoms with E-state index < -0.39 is 0 Å². The first-order chi connectivity index (χ1) is 13.2. The number of rotatable bonds is 6. The predicted molar refractivity (Wildman–Crippen MR) is 98.8 cm³/mol. The number of hydrogen-bond acceptors (Lipinski definition) is 6. The van der Waals surface area contributed by atoms with Crippen molar-refractivity contribution >= 4 is 5.91 Å². The summed E-state index contributed by atoms with van der Waals surface area (Å²) in [6.45, 7) is 2.84. The summed E-state index contributed by atoms with van der Waals surface area (Å²) in [5.74, 6) is 1.58. The number of nitrogens with zero attached hydrogens (tertiary/aromatic N) is 5. The second-order valence-electron chi connectivity index (χ2n) is 6.70. The van der Waals surface area contributed by atoms with Crippen molar-refractivity contribution in [3.63, 3.8) is 0 Å². The molecule has 7 heteroatoms. The smallest absolute Gasteiger partial charge is 0.254 e. The van der Waals surface area contributed by atoms with Gasteiger partial charge in [-0.05, 0) is 37.5 Å². The molecule has 4 rings (SSSR count). The summed E-state index contributed by atoms with van der Waals surface area (Å²) in [6.07, 6.45) is 8.37. The Kier molecular flexibility index (Phi) is 4.91. The number of benzene rings is 1. The molecule has 0 bridgehead atoms. The average Bonchev–Trinajstić information content (AvgIpc) is 3.13. The lowest BCUT2D eigenvalue weighted by atomic mass is 9.85. The fourth-order valence-electron chi connectivity index (χ4n) is 3.11. The van der Waals surface area contributed by atoms with Gasteiger partial charge >= 0.3 is 0 Å². The van der Waals surface area contributed by atoms with Crippen molar-refractivity contribution in [2.45, 2.75) is 38.6 Å². The van der Waals surface area contributed by atoms with Crippen molar-refractivity contribution in [1.82, 2.24) is 25.0 Å². The van der Waals surface area contributed by atoms with Crippen LogP contribution >= 0.6 is 0 Å². The summed E-state index contributed by atoms with van der Waals surface area (Å²) in [4.78, 5) is 27.2. The summed E-state index contributed by atoms with van der Waals surface area (Å²) in [5.41, 5.74) is 2.39. The van der Waals surface area contributed by atoms with Gasteiger partial charge in [0.1, 0.15) is 6.33 Å². The molecule has 2 heterocycles. The second-order valence-corrected chi connectivity index (χ2v) is 6.70. The molecule has 1 aromatic carbocycles. The minimum atomic E-state index is -0.0637. The molecular weight excluding hydrogens is 342 g/mol. The fourth-order valence-corrected chi connectivity index (χ4v) is 3.11. The van der Waals surface area contributed by atoms with Crippen molar-refractivity contribution in [2.24, 2.45) is 0 Å². The molecule has 1 saturated carbocycles. The van der Waals surface area contributed by atoms with E-state index in [2.05, 4.69) is 20.1 Å². The Bertz CT molecular complexity index is 921. The first-order valence-corrected chi connectivity index (χ1v) is 9.22. The molecule has 0 unspecified atom stereocenters. The lowest BCUT2D eigenvalue weighted by Crippen LogP contribution is -2.30. The minimum Gasteiger partial charge on any atom is -0.339 e. The Morgan fingerprint density at radius 2 is 2.04 bits per heavy atom. The third-order valence-corrected chi connectivity index (χ3v) is 4.94. The number of aromatic nitrogens is 4. The van der Waals surface area contributed by atoms with Crippen LogP contribution in [0.5, 0.6) is 0 Å². The predicted octanol–water partition coefficient (Wildman–Crippen LogP) is 3.46. The van der Waals surface area contributed by atoms with Crippen LogP contribution in [0.25, 0.3) is 11.1 Å². The zero-order valence-corrected chi connectivity index (χ0v) is 15.2. The third-order valence-electron chi connectivity index (χ3n) is 4.94. The van der Waals surface area contributed by atoms with Crippen molar-refractivity contribution in [2.75, 3.05) is 6.54 Å². The standard InChI is InChI=1S/C20H21N5O2/c1-2-25(12-18-23-19(27-24-18)14-5-3-6-14)20(26)16-8-4-7-15(9-16)17-10-21-13-22-11-17/h4,7-11,13-14H,2-3,5-6,12H2,1H3. The lowest BCUT2D eigenvalue weighted by Gasteiger charge is -2.21. The second kappa shape index (κ2) is 7.65. The molecule has 2 aromatic heterocycles. The molecule has 1 fully saturated rings. The number of carbonyl (C=O) groups excluding carboxylic acids is 1. The van der Waals surface area contributed by atoms with Gasteiger partial charge < -0.3 is 9.42 Å². The summed E-state index contributed by atoms with van der Waals surface area (Å²) < 4.78 is 5.36. The molecular formula is C20H21N5O2. The molecule has 0 saturated heterocycles. The Labute approximate surface area is 157 Å². The van der Waals surface area contributed by atoms with Crippen LogP contribution in [-0.2, 0) is 6.54 Å². The van der Waals surface area contributed by atoms with Gasteiger partial charge in [0.15, 0.2) is 5.82 Å². The molecule has 1 aliphatic carbocycles. The van der Waals surface area contributed by atoms with Crippen molar-refractivity contribution in [3.8, 4) is 11.1 Å². The van der Waals surface area contributed by atoms with Crippen LogP contribution in [0.15, 0.2) is 47.5 Å². The normalized spacial score (nSPS) is 14.0. The molecule has 0 atom stereocenters. The van der Waals surface area contributed by atoms with Gasteiger partial charge in [-0.2, -0.15) is 4.98 Å². The molecule has 27 heavy (non-hydrogen) atoms. The van der Waals surface area contributed by atoms with E-state index in [0.29, 0.717) is 36.3 Å². The molecule has 3 aromatic rings. The lowest BCUT2D eigenvalue weighted by molar-refractivity contribution is 0.0747. The van der Waals surface area contributed by atoms with Gasteiger partial charge in [0.2, 0.25) is 5.89 Å². The zero-order valence-electron chi connectivity index (χ0n) is 15.2. The summed E-state index contributed by atoms with van der Waals surface area (Å²) in [7, 11) is 0. The van der Waals surface area contributed by atoms with Gasteiger partial charge in [0.05, 0.1) is 6.54 Å². The highest BCUT2D eigenvalue weighted by atomic mass is 16.5. The highest BCUT2D eigenvalue weighted by Gasteiger charge is 2.26. The van der Waals surface area contributed by atoms with E-state index >= 15 is 0 Å². The monoisotopic (exact) mass is 363 g/mol. The highest BCUT2D eigenvalue weighted by Crippen LogP contribution is 2.35. The van der Waals surface area contributed by atoms with E-state index in [9.17, 15) is 4.79 Å². The first-order valence-electron chi connectivity index (χ1n) is 9.22. The molecule has 0 N–H and O–H groups in total.